The summed E-state index contributed by atoms with van der Waals surface area (Å²) in [4.78, 5) is 17.5. The molecule has 0 saturated heterocycles. The molecule has 33 heavy (non-hydrogen) atoms. The Balaban J connectivity index is 2.33. The zero-order valence-corrected chi connectivity index (χ0v) is 17.9. The maximum atomic E-state index is 14.6. The minimum absolute atomic E-state index is 0.0950. The first-order valence-corrected chi connectivity index (χ1v) is 10.6. The molecule has 3 rings (SSSR count). The molecule has 2 N–H and O–H groups in total. The van der Waals surface area contributed by atoms with E-state index in [1.54, 1.807) is 30.3 Å². The Morgan fingerprint density at radius 2 is 1.61 bits per heavy atom. The van der Waals surface area contributed by atoms with E-state index >= 15 is 0 Å². The van der Waals surface area contributed by atoms with Crippen molar-refractivity contribution in [2.24, 2.45) is 4.99 Å². The normalized spacial score (nSPS) is 15.8. The highest BCUT2D eigenvalue weighted by molar-refractivity contribution is 6.30. The van der Waals surface area contributed by atoms with E-state index in [-0.39, 0.29) is 18.4 Å². The summed E-state index contributed by atoms with van der Waals surface area (Å²) in [5, 5.41) is 20.9. The largest absolute Gasteiger partial charge is 0.506 e. The SMILES string of the molecule is CCOC(=O)/C(C(=NC1CCCCC1)c1ccccc1)=C(/O)c1c(O)c(F)c(F)c(F)c1F. The van der Waals surface area contributed by atoms with Crippen LogP contribution < -0.4 is 0 Å². The minimum atomic E-state index is -2.25. The summed E-state index contributed by atoms with van der Waals surface area (Å²) in [5.41, 5.74) is -1.85. The van der Waals surface area contributed by atoms with Crippen molar-refractivity contribution in [1.82, 2.24) is 0 Å². The number of nitrogens with zero attached hydrogens (tertiary/aromatic N) is 1. The molecule has 0 heterocycles. The summed E-state index contributed by atoms with van der Waals surface area (Å²) < 4.78 is 61.0. The molecule has 0 amide bonds. The fourth-order valence-electron chi connectivity index (χ4n) is 3.74. The highest BCUT2D eigenvalue weighted by Gasteiger charge is 2.33. The Morgan fingerprint density at radius 3 is 2.21 bits per heavy atom. The van der Waals surface area contributed by atoms with Crippen LogP contribution in [0.1, 0.15) is 50.2 Å². The van der Waals surface area contributed by atoms with Gasteiger partial charge in [0.25, 0.3) is 0 Å². The van der Waals surface area contributed by atoms with Gasteiger partial charge < -0.3 is 14.9 Å². The summed E-state index contributed by atoms with van der Waals surface area (Å²) >= 11 is 0. The molecule has 0 aliphatic heterocycles. The molecular formula is C24H23F4NO4. The van der Waals surface area contributed by atoms with Gasteiger partial charge in [0.1, 0.15) is 16.9 Å². The molecule has 0 bridgehead atoms. The number of ether oxygens (including phenoxy) is 1. The second-order valence-electron chi connectivity index (χ2n) is 7.56. The van der Waals surface area contributed by atoms with Crippen LogP contribution in [0, 0.1) is 23.3 Å². The fourth-order valence-corrected chi connectivity index (χ4v) is 3.74. The van der Waals surface area contributed by atoms with Gasteiger partial charge in [-0.1, -0.05) is 49.6 Å². The van der Waals surface area contributed by atoms with Crippen molar-refractivity contribution in [2.75, 3.05) is 6.61 Å². The fraction of sp³-hybridized carbons (Fsp3) is 0.333. The highest BCUT2D eigenvalue weighted by Crippen LogP contribution is 2.36. The molecule has 176 valence electrons. The molecule has 9 heteroatoms. The Bertz CT molecular complexity index is 1060. The Labute approximate surface area is 188 Å². The molecule has 1 aliphatic rings. The molecule has 0 unspecified atom stereocenters. The number of rotatable bonds is 6. The van der Waals surface area contributed by atoms with Crippen molar-refractivity contribution < 1.29 is 37.3 Å². The summed E-state index contributed by atoms with van der Waals surface area (Å²) in [6, 6.07) is 7.91. The van der Waals surface area contributed by atoms with E-state index < -0.39 is 51.9 Å². The third kappa shape index (κ3) is 5.02. The lowest BCUT2D eigenvalue weighted by Gasteiger charge is -2.21. The Hall–Kier alpha value is -3.36. The molecule has 1 fully saturated rings. The number of hydrogen-bond acceptors (Lipinski definition) is 5. The Morgan fingerprint density at radius 1 is 1.00 bits per heavy atom. The maximum Gasteiger partial charge on any atom is 0.344 e. The topological polar surface area (TPSA) is 79.1 Å². The van der Waals surface area contributed by atoms with Gasteiger partial charge in [0.15, 0.2) is 17.4 Å². The molecule has 2 aromatic rings. The lowest BCUT2D eigenvalue weighted by Crippen LogP contribution is -2.23. The number of benzene rings is 2. The first-order chi connectivity index (χ1) is 15.8. The van der Waals surface area contributed by atoms with Crippen molar-refractivity contribution in [1.29, 1.82) is 0 Å². The summed E-state index contributed by atoms with van der Waals surface area (Å²) in [7, 11) is 0. The van der Waals surface area contributed by atoms with E-state index in [1.165, 1.54) is 6.92 Å². The number of phenols is 1. The molecule has 1 aliphatic carbocycles. The Kier molecular flexibility index (Phi) is 7.73. The van der Waals surface area contributed by atoms with Crippen molar-refractivity contribution in [2.45, 2.75) is 45.1 Å². The summed E-state index contributed by atoms with van der Waals surface area (Å²) in [6.45, 7) is 1.35. The number of carbonyl (C=O) groups excluding carboxylic acids is 1. The molecule has 0 radical (unpaired) electrons. The average molecular weight is 465 g/mol. The number of aliphatic hydroxyl groups is 1. The number of phenolic OH excluding ortho intramolecular Hbond substituents is 1. The number of esters is 1. The van der Waals surface area contributed by atoms with Gasteiger partial charge in [0.05, 0.1) is 18.4 Å². The van der Waals surface area contributed by atoms with E-state index in [0.717, 1.165) is 19.3 Å². The quantitative estimate of drug-likeness (QED) is 0.111. The first-order valence-electron chi connectivity index (χ1n) is 10.6. The number of aromatic hydroxyl groups is 1. The van der Waals surface area contributed by atoms with Crippen LogP contribution in [0.25, 0.3) is 5.76 Å². The summed E-state index contributed by atoms with van der Waals surface area (Å²) in [6.07, 6.45) is 4.21. The number of aliphatic imine (C=N–C) groups is 1. The number of aliphatic hydroxyl groups excluding tert-OH is 1. The van der Waals surface area contributed by atoms with Crippen LogP contribution >= 0.6 is 0 Å². The number of halogens is 4. The monoisotopic (exact) mass is 465 g/mol. The van der Waals surface area contributed by atoms with Crippen molar-refractivity contribution in [3.63, 3.8) is 0 Å². The van der Waals surface area contributed by atoms with Crippen molar-refractivity contribution >= 4 is 17.4 Å². The van der Waals surface area contributed by atoms with Gasteiger partial charge in [-0.3, -0.25) is 4.99 Å². The zero-order chi connectivity index (χ0) is 24.1. The van der Waals surface area contributed by atoms with Gasteiger partial charge in [-0.05, 0) is 19.8 Å². The van der Waals surface area contributed by atoms with Crippen LogP contribution in [0.3, 0.4) is 0 Å². The van der Waals surface area contributed by atoms with Crippen molar-refractivity contribution in [3.8, 4) is 5.75 Å². The zero-order valence-electron chi connectivity index (χ0n) is 17.9. The number of carbonyl (C=O) groups is 1. The molecular weight excluding hydrogens is 442 g/mol. The first kappa shape index (κ1) is 24.3. The molecule has 0 aromatic heterocycles. The van der Waals surface area contributed by atoms with E-state index in [2.05, 4.69) is 4.99 Å². The van der Waals surface area contributed by atoms with Gasteiger partial charge in [0.2, 0.25) is 11.6 Å². The van der Waals surface area contributed by atoms with Gasteiger partial charge in [-0.25, -0.2) is 18.0 Å². The molecule has 5 nitrogen and oxygen atoms in total. The molecule has 0 atom stereocenters. The van der Waals surface area contributed by atoms with E-state index in [9.17, 15) is 32.6 Å². The van der Waals surface area contributed by atoms with E-state index in [1.807, 2.05) is 0 Å². The van der Waals surface area contributed by atoms with Gasteiger partial charge >= 0.3 is 5.97 Å². The number of hydrogen-bond donors (Lipinski definition) is 2. The van der Waals surface area contributed by atoms with Gasteiger partial charge in [0, 0.05) is 5.56 Å². The van der Waals surface area contributed by atoms with E-state index in [4.69, 9.17) is 4.74 Å². The van der Waals surface area contributed by atoms with Gasteiger partial charge in [-0.2, -0.15) is 4.39 Å². The van der Waals surface area contributed by atoms with Crippen LogP contribution in [-0.2, 0) is 9.53 Å². The van der Waals surface area contributed by atoms with Crippen LogP contribution in [0.2, 0.25) is 0 Å². The average Bonchev–Trinajstić information content (AvgIpc) is 2.82. The smallest absolute Gasteiger partial charge is 0.344 e. The lowest BCUT2D eigenvalue weighted by atomic mass is 9.93. The van der Waals surface area contributed by atoms with Crippen molar-refractivity contribution in [3.05, 3.63) is 70.3 Å². The van der Waals surface area contributed by atoms with Crippen LogP contribution in [0.5, 0.6) is 5.75 Å². The highest BCUT2D eigenvalue weighted by atomic mass is 19.2. The standard InChI is InChI=1S/C24H23F4NO4/c1-2-33-24(32)16(22(30)15-17(25)18(26)19(27)20(28)23(15)31)21(13-9-5-3-6-10-13)29-14-11-7-4-8-12-14/h3,5-6,9-10,14,30-31H,2,4,7-8,11-12H2,1H3/b22-16+,29-21?. The predicted octanol–water partition coefficient (Wildman–Crippen LogP) is 5.60. The van der Waals surface area contributed by atoms with Crippen LogP contribution in [0.15, 0.2) is 40.9 Å². The second-order valence-corrected chi connectivity index (χ2v) is 7.56. The maximum absolute atomic E-state index is 14.6. The van der Waals surface area contributed by atoms with Crippen LogP contribution in [-0.4, -0.2) is 34.5 Å². The van der Waals surface area contributed by atoms with Crippen LogP contribution in [0.4, 0.5) is 17.6 Å². The summed E-state index contributed by atoms with van der Waals surface area (Å²) in [5.74, 6) is -12.8. The molecule has 2 aromatic carbocycles. The van der Waals surface area contributed by atoms with Gasteiger partial charge in [-0.15, -0.1) is 0 Å². The lowest BCUT2D eigenvalue weighted by molar-refractivity contribution is -0.137. The molecule has 0 spiro atoms. The third-order valence-corrected chi connectivity index (χ3v) is 5.37. The van der Waals surface area contributed by atoms with E-state index in [0.29, 0.717) is 18.4 Å². The third-order valence-electron chi connectivity index (χ3n) is 5.37. The minimum Gasteiger partial charge on any atom is -0.506 e. The molecule has 1 saturated carbocycles. The second kappa shape index (κ2) is 10.5. The predicted molar refractivity (Wildman–Crippen MR) is 114 cm³/mol.